The van der Waals surface area contributed by atoms with Gasteiger partial charge < -0.3 is 9.47 Å². The fourth-order valence-corrected chi connectivity index (χ4v) is 2.05. The Hall–Kier alpha value is -3.44. The van der Waals surface area contributed by atoms with Crippen molar-refractivity contribution in [3.8, 4) is 11.5 Å². The highest BCUT2D eigenvalue weighted by Crippen LogP contribution is 2.37. The first kappa shape index (κ1) is 22.8. The van der Waals surface area contributed by atoms with Gasteiger partial charge >= 0.3 is 24.3 Å². The lowest BCUT2D eigenvalue weighted by Gasteiger charge is -2.12. The van der Waals surface area contributed by atoms with Crippen molar-refractivity contribution >= 4 is 11.9 Å². The van der Waals surface area contributed by atoms with E-state index in [1.54, 1.807) is 0 Å². The van der Waals surface area contributed by atoms with Crippen molar-refractivity contribution in [1.29, 1.82) is 0 Å². The molecule has 0 amide bonds. The Labute approximate surface area is 162 Å². The van der Waals surface area contributed by atoms with Crippen LogP contribution in [-0.2, 0) is 21.9 Å². The molecule has 12 heteroatoms. The minimum Gasteiger partial charge on any atom is -0.423 e. The summed E-state index contributed by atoms with van der Waals surface area (Å²) in [4.78, 5) is 23.2. The molecule has 0 radical (unpaired) electrons. The molecule has 0 heterocycles. The summed E-state index contributed by atoms with van der Waals surface area (Å²) in [7, 11) is 0. The maximum Gasteiger partial charge on any atom is 0.420 e. The SMILES string of the molecule is O=C(C=CC(=O)Oc1ccc(F)cc1C(F)(F)F)Oc1ccc(F)cc1C(F)(F)F. The molecule has 0 spiro atoms. The van der Waals surface area contributed by atoms with Gasteiger partial charge in [0.1, 0.15) is 34.3 Å². The molecular formula is C18H8F8O4. The minimum atomic E-state index is -5.06. The highest BCUT2D eigenvalue weighted by atomic mass is 19.4. The zero-order chi connectivity index (χ0) is 22.7. The minimum absolute atomic E-state index is 0.0772. The predicted molar refractivity (Wildman–Crippen MR) is 83.2 cm³/mol. The number of hydrogen-bond donors (Lipinski definition) is 0. The molecule has 2 aromatic rings. The molecule has 0 atom stereocenters. The van der Waals surface area contributed by atoms with Gasteiger partial charge in [-0.05, 0) is 36.4 Å². The number of rotatable bonds is 4. The van der Waals surface area contributed by atoms with Crippen LogP contribution in [-0.4, -0.2) is 11.9 Å². The van der Waals surface area contributed by atoms with Crippen LogP contribution in [0.1, 0.15) is 11.1 Å². The monoisotopic (exact) mass is 440 g/mol. The van der Waals surface area contributed by atoms with Gasteiger partial charge in [-0.15, -0.1) is 0 Å². The van der Waals surface area contributed by atoms with E-state index < -0.39 is 58.6 Å². The van der Waals surface area contributed by atoms with Gasteiger partial charge in [-0.25, -0.2) is 18.4 Å². The van der Waals surface area contributed by atoms with Crippen LogP contribution < -0.4 is 9.47 Å². The van der Waals surface area contributed by atoms with E-state index in [0.29, 0.717) is 24.3 Å². The molecule has 0 aliphatic carbocycles. The molecule has 0 aliphatic heterocycles. The fourth-order valence-electron chi connectivity index (χ4n) is 2.05. The Morgan fingerprint density at radius 2 is 1.00 bits per heavy atom. The molecule has 4 nitrogen and oxygen atoms in total. The van der Waals surface area contributed by atoms with Crippen molar-refractivity contribution in [3.05, 3.63) is 71.3 Å². The molecule has 0 unspecified atom stereocenters. The number of carbonyl (C=O) groups is 2. The molecule has 30 heavy (non-hydrogen) atoms. The lowest BCUT2D eigenvalue weighted by Crippen LogP contribution is -2.14. The summed E-state index contributed by atoms with van der Waals surface area (Å²) in [5.74, 6) is -7.69. The van der Waals surface area contributed by atoms with E-state index >= 15 is 0 Å². The third-order valence-corrected chi connectivity index (χ3v) is 3.27. The number of halogens is 8. The molecular weight excluding hydrogens is 432 g/mol. The Morgan fingerprint density at radius 1 is 0.667 bits per heavy atom. The topological polar surface area (TPSA) is 52.6 Å². The van der Waals surface area contributed by atoms with Crippen LogP contribution in [0.4, 0.5) is 35.1 Å². The van der Waals surface area contributed by atoms with Crippen LogP contribution in [0.25, 0.3) is 0 Å². The molecule has 0 N–H and O–H groups in total. The van der Waals surface area contributed by atoms with Crippen LogP contribution in [0.2, 0.25) is 0 Å². The first-order valence-corrected chi connectivity index (χ1v) is 7.62. The Balaban J connectivity index is 2.13. The van der Waals surface area contributed by atoms with Crippen molar-refractivity contribution in [2.24, 2.45) is 0 Å². The van der Waals surface area contributed by atoms with Crippen LogP contribution in [0, 0.1) is 11.6 Å². The molecule has 2 aromatic carbocycles. The highest BCUT2D eigenvalue weighted by Gasteiger charge is 2.36. The average molecular weight is 440 g/mol. The average Bonchev–Trinajstić information content (AvgIpc) is 2.61. The van der Waals surface area contributed by atoms with E-state index in [9.17, 15) is 44.7 Å². The van der Waals surface area contributed by atoms with Gasteiger partial charge in [0.15, 0.2) is 0 Å². The van der Waals surface area contributed by atoms with Crippen molar-refractivity contribution in [2.75, 3.05) is 0 Å². The van der Waals surface area contributed by atoms with Crippen molar-refractivity contribution in [2.45, 2.75) is 12.4 Å². The smallest absolute Gasteiger partial charge is 0.420 e. The number of benzene rings is 2. The van der Waals surface area contributed by atoms with E-state index in [2.05, 4.69) is 9.47 Å². The van der Waals surface area contributed by atoms with E-state index in [1.165, 1.54) is 0 Å². The van der Waals surface area contributed by atoms with Gasteiger partial charge in [0.2, 0.25) is 0 Å². The van der Waals surface area contributed by atoms with E-state index in [1.807, 2.05) is 0 Å². The second kappa shape index (κ2) is 8.51. The lowest BCUT2D eigenvalue weighted by molar-refractivity contribution is -0.143. The van der Waals surface area contributed by atoms with Crippen molar-refractivity contribution in [1.82, 2.24) is 0 Å². The van der Waals surface area contributed by atoms with E-state index in [4.69, 9.17) is 0 Å². The predicted octanol–water partition coefficient (Wildman–Crippen LogP) is 5.07. The number of alkyl halides is 6. The maximum absolute atomic E-state index is 13.0. The molecule has 160 valence electrons. The summed E-state index contributed by atoms with van der Waals surface area (Å²) in [6.07, 6.45) is -9.56. The summed E-state index contributed by atoms with van der Waals surface area (Å²) >= 11 is 0. The molecule has 0 bridgehead atoms. The Morgan fingerprint density at radius 3 is 1.30 bits per heavy atom. The highest BCUT2D eigenvalue weighted by molar-refractivity contribution is 5.93. The van der Waals surface area contributed by atoms with Crippen LogP contribution in [0.3, 0.4) is 0 Å². The number of esters is 2. The Kier molecular flexibility index (Phi) is 6.48. The van der Waals surface area contributed by atoms with Gasteiger partial charge in [0, 0.05) is 12.2 Å². The first-order chi connectivity index (χ1) is 13.8. The summed E-state index contributed by atoms with van der Waals surface area (Å²) in [6, 6.07) is 2.38. The fraction of sp³-hybridized carbons (Fsp3) is 0.111. The van der Waals surface area contributed by atoms with Crippen LogP contribution in [0.5, 0.6) is 11.5 Å². The molecule has 0 fully saturated rings. The maximum atomic E-state index is 13.0. The summed E-state index contributed by atoms with van der Waals surface area (Å²) < 4.78 is 112. The number of hydrogen-bond acceptors (Lipinski definition) is 4. The number of ether oxygens (including phenoxy) is 2. The molecule has 0 aromatic heterocycles. The van der Waals surface area contributed by atoms with Gasteiger partial charge in [0.25, 0.3) is 0 Å². The van der Waals surface area contributed by atoms with Gasteiger partial charge in [-0.3, -0.25) is 0 Å². The summed E-state index contributed by atoms with van der Waals surface area (Å²) in [5.41, 5.74) is -3.21. The van der Waals surface area contributed by atoms with Gasteiger partial charge in [-0.1, -0.05) is 0 Å². The third kappa shape index (κ3) is 6.03. The normalized spacial score (nSPS) is 12.1. The zero-order valence-corrected chi connectivity index (χ0v) is 14.3. The van der Waals surface area contributed by atoms with Gasteiger partial charge in [0.05, 0.1) is 0 Å². The van der Waals surface area contributed by atoms with Gasteiger partial charge in [-0.2, -0.15) is 26.3 Å². The Bertz CT molecular complexity index is 913. The van der Waals surface area contributed by atoms with Crippen molar-refractivity contribution < 1.29 is 54.2 Å². The van der Waals surface area contributed by atoms with E-state index in [0.717, 1.165) is 0 Å². The molecule has 2 rings (SSSR count). The molecule has 0 saturated heterocycles. The number of carbonyl (C=O) groups excluding carboxylic acids is 2. The molecule has 0 saturated carbocycles. The summed E-state index contributed by atoms with van der Waals surface area (Å²) in [5, 5.41) is 0. The van der Waals surface area contributed by atoms with Crippen LogP contribution in [0.15, 0.2) is 48.6 Å². The lowest BCUT2D eigenvalue weighted by atomic mass is 10.2. The standard InChI is InChI=1S/C18H8F8O4/c19-9-1-3-13(11(7-9)17(21,22)23)29-15(27)5-6-16(28)30-14-4-2-10(20)8-12(14)18(24,25)26/h1-8H. The van der Waals surface area contributed by atoms with Crippen molar-refractivity contribution in [3.63, 3.8) is 0 Å². The third-order valence-electron chi connectivity index (χ3n) is 3.27. The first-order valence-electron chi connectivity index (χ1n) is 7.62. The second-order valence-corrected chi connectivity index (χ2v) is 5.45. The van der Waals surface area contributed by atoms with Crippen LogP contribution >= 0.6 is 0 Å². The molecule has 0 aliphatic rings. The quantitative estimate of drug-likeness (QED) is 0.288. The van der Waals surface area contributed by atoms with E-state index in [-0.39, 0.29) is 24.3 Å². The second-order valence-electron chi connectivity index (χ2n) is 5.45. The largest absolute Gasteiger partial charge is 0.423 e. The summed E-state index contributed by atoms with van der Waals surface area (Å²) in [6.45, 7) is 0. The zero-order valence-electron chi connectivity index (χ0n) is 14.3.